The fourth-order valence-corrected chi connectivity index (χ4v) is 2.64. The summed E-state index contributed by atoms with van der Waals surface area (Å²) in [7, 11) is 3.82. The summed E-state index contributed by atoms with van der Waals surface area (Å²) in [6.07, 6.45) is 3.09. The Morgan fingerprint density at radius 1 is 1.38 bits per heavy atom. The van der Waals surface area contributed by atoms with Crippen molar-refractivity contribution in [3.05, 3.63) is 0 Å². The van der Waals surface area contributed by atoms with Gasteiger partial charge >= 0.3 is 0 Å². The van der Waals surface area contributed by atoms with E-state index >= 15 is 0 Å². The highest BCUT2D eigenvalue weighted by Gasteiger charge is 2.32. The quantitative estimate of drug-likeness (QED) is 0.779. The van der Waals surface area contributed by atoms with Gasteiger partial charge in [-0.05, 0) is 38.1 Å². The minimum Gasteiger partial charge on any atom is -0.391 e. The van der Waals surface area contributed by atoms with Gasteiger partial charge in [-0.2, -0.15) is 0 Å². The highest BCUT2D eigenvalue weighted by Crippen LogP contribution is 2.32. The second kappa shape index (κ2) is 6.58. The first-order valence-corrected chi connectivity index (χ1v) is 6.43. The molecule has 3 heteroatoms. The zero-order valence-electron chi connectivity index (χ0n) is 11.1. The van der Waals surface area contributed by atoms with Crippen LogP contribution in [0.15, 0.2) is 0 Å². The van der Waals surface area contributed by atoms with Crippen LogP contribution in [0.3, 0.4) is 0 Å². The summed E-state index contributed by atoms with van der Waals surface area (Å²) in [6, 6.07) is 0.316. The van der Waals surface area contributed by atoms with Gasteiger partial charge in [0.15, 0.2) is 0 Å². The third kappa shape index (κ3) is 3.72. The maximum Gasteiger partial charge on any atom is 0.0695 e. The van der Waals surface area contributed by atoms with Gasteiger partial charge in [0.2, 0.25) is 0 Å². The van der Waals surface area contributed by atoms with E-state index in [0.717, 1.165) is 37.8 Å². The molecule has 0 bridgehead atoms. The number of methoxy groups -OCH3 is 1. The maximum absolute atomic E-state index is 10.1. The summed E-state index contributed by atoms with van der Waals surface area (Å²) in [5, 5.41) is 10.1. The third-order valence-electron chi connectivity index (χ3n) is 3.98. The summed E-state index contributed by atoms with van der Waals surface area (Å²) in [4.78, 5) is 2.25. The van der Waals surface area contributed by atoms with Crippen molar-refractivity contribution in [3.63, 3.8) is 0 Å². The minimum atomic E-state index is -0.156. The SMILES string of the molecule is COCCN(C)C1CC(C(C)C)CCC1O. The predicted octanol–water partition coefficient (Wildman–Crippen LogP) is 1.75. The number of rotatable bonds is 5. The summed E-state index contributed by atoms with van der Waals surface area (Å²) < 4.78 is 5.09. The van der Waals surface area contributed by atoms with E-state index in [0.29, 0.717) is 6.04 Å². The number of aliphatic hydroxyl groups is 1. The van der Waals surface area contributed by atoms with Crippen molar-refractivity contribution in [3.8, 4) is 0 Å². The molecule has 0 radical (unpaired) electrons. The van der Waals surface area contributed by atoms with Gasteiger partial charge in [-0.1, -0.05) is 13.8 Å². The van der Waals surface area contributed by atoms with Crippen molar-refractivity contribution in [1.29, 1.82) is 0 Å². The van der Waals surface area contributed by atoms with Gasteiger partial charge in [-0.15, -0.1) is 0 Å². The highest BCUT2D eigenvalue weighted by molar-refractivity contribution is 4.86. The molecule has 0 aromatic rings. The normalized spacial score (nSPS) is 31.3. The molecule has 96 valence electrons. The molecule has 0 aromatic heterocycles. The van der Waals surface area contributed by atoms with E-state index < -0.39 is 0 Å². The van der Waals surface area contributed by atoms with Crippen LogP contribution < -0.4 is 0 Å². The van der Waals surface area contributed by atoms with Crippen LogP contribution in [0.2, 0.25) is 0 Å². The van der Waals surface area contributed by atoms with Crippen LogP contribution in [-0.4, -0.2) is 49.5 Å². The lowest BCUT2D eigenvalue weighted by Crippen LogP contribution is -2.47. The first-order valence-electron chi connectivity index (χ1n) is 6.43. The largest absolute Gasteiger partial charge is 0.391 e. The summed E-state index contributed by atoms with van der Waals surface area (Å²) in [6.45, 7) is 6.22. The Kier molecular flexibility index (Phi) is 5.73. The fraction of sp³-hybridized carbons (Fsp3) is 1.00. The van der Waals surface area contributed by atoms with Crippen molar-refractivity contribution in [2.75, 3.05) is 27.3 Å². The Morgan fingerprint density at radius 3 is 2.62 bits per heavy atom. The summed E-state index contributed by atoms with van der Waals surface area (Å²) >= 11 is 0. The minimum absolute atomic E-state index is 0.156. The van der Waals surface area contributed by atoms with Crippen LogP contribution in [0.4, 0.5) is 0 Å². The molecule has 1 rings (SSSR count). The number of hydrogen-bond acceptors (Lipinski definition) is 3. The van der Waals surface area contributed by atoms with Gasteiger partial charge in [0.05, 0.1) is 12.7 Å². The van der Waals surface area contributed by atoms with Crippen LogP contribution in [0.5, 0.6) is 0 Å². The second-order valence-corrected chi connectivity index (χ2v) is 5.43. The third-order valence-corrected chi connectivity index (χ3v) is 3.98. The molecular formula is C13H27NO2. The fourth-order valence-electron chi connectivity index (χ4n) is 2.64. The average Bonchev–Trinajstić information content (AvgIpc) is 2.26. The molecule has 1 saturated carbocycles. The second-order valence-electron chi connectivity index (χ2n) is 5.43. The molecule has 0 spiro atoms. The molecule has 0 aliphatic heterocycles. The standard InChI is InChI=1S/C13H27NO2/c1-10(2)11-5-6-13(15)12(9-11)14(3)7-8-16-4/h10-13,15H,5-9H2,1-4H3. The zero-order valence-corrected chi connectivity index (χ0v) is 11.1. The predicted molar refractivity (Wildman–Crippen MR) is 66.5 cm³/mol. The van der Waals surface area contributed by atoms with E-state index in [9.17, 15) is 5.11 Å². The van der Waals surface area contributed by atoms with E-state index in [1.807, 2.05) is 0 Å². The van der Waals surface area contributed by atoms with Crippen LogP contribution >= 0.6 is 0 Å². The number of likely N-dealkylation sites (N-methyl/N-ethyl adjacent to an activating group) is 1. The number of aliphatic hydroxyl groups excluding tert-OH is 1. The molecule has 1 N–H and O–H groups in total. The molecule has 16 heavy (non-hydrogen) atoms. The van der Waals surface area contributed by atoms with E-state index in [-0.39, 0.29) is 6.10 Å². The topological polar surface area (TPSA) is 32.7 Å². The lowest BCUT2D eigenvalue weighted by molar-refractivity contribution is -0.00139. The molecule has 1 aliphatic carbocycles. The monoisotopic (exact) mass is 229 g/mol. The highest BCUT2D eigenvalue weighted by atomic mass is 16.5. The molecule has 0 saturated heterocycles. The zero-order chi connectivity index (χ0) is 12.1. The lowest BCUT2D eigenvalue weighted by Gasteiger charge is -2.40. The molecule has 1 aliphatic rings. The van der Waals surface area contributed by atoms with E-state index in [2.05, 4.69) is 25.8 Å². The van der Waals surface area contributed by atoms with E-state index in [1.54, 1.807) is 7.11 Å². The Balaban J connectivity index is 2.48. The van der Waals surface area contributed by atoms with Crippen LogP contribution in [0, 0.1) is 11.8 Å². The molecule has 1 fully saturated rings. The van der Waals surface area contributed by atoms with Gasteiger partial charge in [0.1, 0.15) is 0 Å². The number of ether oxygens (including phenoxy) is 1. The molecule has 3 nitrogen and oxygen atoms in total. The molecule has 0 heterocycles. The van der Waals surface area contributed by atoms with Crippen LogP contribution in [0.1, 0.15) is 33.1 Å². The van der Waals surface area contributed by atoms with Crippen molar-refractivity contribution in [2.24, 2.45) is 11.8 Å². The Hall–Kier alpha value is -0.120. The van der Waals surface area contributed by atoms with Crippen molar-refractivity contribution in [2.45, 2.75) is 45.3 Å². The number of hydrogen-bond donors (Lipinski definition) is 1. The van der Waals surface area contributed by atoms with Crippen molar-refractivity contribution in [1.82, 2.24) is 4.90 Å². The molecule has 0 amide bonds. The average molecular weight is 229 g/mol. The Labute approximate surface area is 99.8 Å². The number of nitrogens with zero attached hydrogens (tertiary/aromatic N) is 1. The molecule has 3 atom stereocenters. The molecule has 0 aromatic carbocycles. The van der Waals surface area contributed by atoms with Gasteiger partial charge < -0.3 is 9.84 Å². The summed E-state index contributed by atoms with van der Waals surface area (Å²) in [5.41, 5.74) is 0. The van der Waals surface area contributed by atoms with Crippen molar-refractivity contribution >= 4 is 0 Å². The van der Waals surface area contributed by atoms with Crippen molar-refractivity contribution < 1.29 is 9.84 Å². The van der Waals surface area contributed by atoms with Crippen LogP contribution in [-0.2, 0) is 4.74 Å². The van der Waals surface area contributed by atoms with Gasteiger partial charge in [-0.25, -0.2) is 0 Å². The summed E-state index contributed by atoms with van der Waals surface area (Å²) in [5.74, 6) is 1.49. The smallest absolute Gasteiger partial charge is 0.0695 e. The van der Waals surface area contributed by atoms with Gasteiger partial charge in [0.25, 0.3) is 0 Å². The van der Waals surface area contributed by atoms with Crippen LogP contribution in [0.25, 0.3) is 0 Å². The van der Waals surface area contributed by atoms with Gasteiger partial charge in [-0.3, -0.25) is 4.90 Å². The lowest BCUT2D eigenvalue weighted by atomic mass is 9.77. The first kappa shape index (κ1) is 13.9. The molecular weight excluding hydrogens is 202 g/mol. The molecule has 3 unspecified atom stereocenters. The first-order chi connectivity index (χ1) is 7.56. The Bertz CT molecular complexity index is 196. The Morgan fingerprint density at radius 2 is 2.06 bits per heavy atom. The van der Waals surface area contributed by atoms with E-state index in [4.69, 9.17) is 4.74 Å². The van der Waals surface area contributed by atoms with Gasteiger partial charge in [0, 0.05) is 19.7 Å². The van der Waals surface area contributed by atoms with E-state index in [1.165, 1.54) is 6.42 Å². The maximum atomic E-state index is 10.1.